The van der Waals surface area contributed by atoms with Crippen LogP contribution < -0.4 is 10.0 Å². The van der Waals surface area contributed by atoms with Crippen molar-refractivity contribution >= 4 is 27.5 Å². The Hall–Kier alpha value is -1.50. The van der Waals surface area contributed by atoms with Gasteiger partial charge in [0.2, 0.25) is 15.9 Å². The van der Waals surface area contributed by atoms with Crippen LogP contribution in [-0.4, -0.2) is 48.4 Å². The molecule has 0 aliphatic heterocycles. The third-order valence-corrected chi connectivity index (χ3v) is 10.9. The maximum Gasteiger partial charge on any atom is 0.250 e. The topological polar surface area (TPSA) is 95.5 Å². The Balaban J connectivity index is 1.35. The third kappa shape index (κ3) is 4.87. The fourth-order valence-electron chi connectivity index (χ4n) is 6.66. The molecular weight excluding hydrogens is 543 g/mol. The van der Waals surface area contributed by atoms with Gasteiger partial charge in [0.15, 0.2) is 0 Å². The lowest BCUT2D eigenvalue weighted by molar-refractivity contribution is -0.127. The highest BCUT2D eigenvalue weighted by Crippen LogP contribution is 2.63. The van der Waals surface area contributed by atoms with Crippen LogP contribution in [0.25, 0.3) is 0 Å². The van der Waals surface area contributed by atoms with E-state index in [1.165, 1.54) is 0 Å². The van der Waals surface area contributed by atoms with Gasteiger partial charge in [0.1, 0.15) is 17.3 Å². The van der Waals surface area contributed by atoms with E-state index in [-0.39, 0.29) is 37.1 Å². The zero-order valence-electron chi connectivity index (χ0n) is 19.8. The molecule has 13 heteroatoms. The van der Waals surface area contributed by atoms with Crippen LogP contribution >= 0.6 is 11.6 Å². The highest BCUT2D eigenvalue weighted by Gasteiger charge is 2.60. The van der Waals surface area contributed by atoms with Gasteiger partial charge in [-0.1, -0.05) is 11.6 Å². The molecule has 4 aliphatic carbocycles. The molecule has 1 aromatic carbocycles. The van der Waals surface area contributed by atoms with Crippen LogP contribution in [0.3, 0.4) is 0 Å². The number of amides is 1. The lowest BCUT2D eigenvalue weighted by Crippen LogP contribution is -2.52. The lowest BCUT2D eigenvalue weighted by atomic mass is 9.74. The number of hydrogen-bond donors (Lipinski definition) is 3. The van der Waals surface area contributed by atoms with Gasteiger partial charge < -0.3 is 10.4 Å². The van der Waals surface area contributed by atoms with Crippen molar-refractivity contribution in [1.29, 1.82) is 0 Å². The minimum Gasteiger partial charge on any atom is -0.391 e. The Labute approximate surface area is 216 Å². The van der Waals surface area contributed by atoms with Gasteiger partial charge >= 0.3 is 0 Å². The summed E-state index contributed by atoms with van der Waals surface area (Å²) in [6.07, 6.45) is -2.13. The molecule has 4 fully saturated rings. The molecule has 0 saturated heterocycles. The van der Waals surface area contributed by atoms with Crippen molar-refractivity contribution in [3.8, 4) is 0 Å². The first kappa shape index (κ1) is 27.1. The zero-order valence-corrected chi connectivity index (χ0v) is 21.3. The van der Waals surface area contributed by atoms with Crippen LogP contribution in [0.5, 0.6) is 0 Å². The van der Waals surface area contributed by atoms with E-state index in [0.29, 0.717) is 12.8 Å². The lowest BCUT2D eigenvalue weighted by Gasteiger charge is -2.37. The maximum atomic E-state index is 15.1. The van der Waals surface area contributed by atoms with E-state index in [9.17, 15) is 31.5 Å². The number of hydrogen-bond acceptors (Lipinski definition) is 4. The van der Waals surface area contributed by atoms with Gasteiger partial charge in [0.05, 0.1) is 22.4 Å². The number of halogens is 6. The molecule has 0 radical (unpaired) electrons. The Kier molecular flexibility index (Phi) is 6.61. The van der Waals surface area contributed by atoms with Crippen molar-refractivity contribution in [2.75, 3.05) is 0 Å². The molecule has 5 rings (SSSR count). The molecule has 0 unspecified atom stereocenters. The summed E-state index contributed by atoms with van der Waals surface area (Å²) in [5.41, 5.74) is -2.85. The van der Waals surface area contributed by atoms with Crippen molar-refractivity contribution in [3.05, 3.63) is 34.4 Å². The molecule has 4 aliphatic rings. The van der Waals surface area contributed by atoms with E-state index in [2.05, 4.69) is 10.0 Å². The highest BCUT2D eigenvalue weighted by molar-refractivity contribution is 7.90. The molecule has 6 nitrogen and oxygen atoms in total. The molecule has 0 spiro atoms. The van der Waals surface area contributed by atoms with E-state index in [0.717, 1.165) is 12.1 Å². The van der Waals surface area contributed by atoms with Gasteiger partial charge in [-0.05, 0) is 62.5 Å². The smallest absolute Gasteiger partial charge is 0.250 e. The number of sulfonamides is 1. The number of fused-ring (bicyclic) bond motifs is 2. The summed E-state index contributed by atoms with van der Waals surface area (Å²) in [5, 5.41) is 11.5. The number of carbonyl (C=O) groups is 1. The molecule has 0 heterocycles. The summed E-state index contributed by atoms with van der Waals surface area (Å²) in [7, 11) is -4.15. The summed E-state index contributed by atoms with van der Waals surface area (Å²) >= 11 is 5.91. The van der Waals surface area contributed by atoms with Crippen LogP contribution in [0.1, 0.15) is 69.4 Å². The summed E-state index contributed by atoms with van der Waals surface area (Å²) in [4.78, 5) is 13.3. The molecule has 1 aromatic rings. The maximum absolute atomic E-state index is 15.1. The van der Waals surface area contributed by atoms with E-state index in [1.807, 2.05) is 0 Å². The van der Waals surface area contributed by atoms with E-state index in [1.54, 1.807) is 0 Å². The van der Waals surface area contributed by atoms with Crippen LogP contribution in [0.2, 0.25) is 5.02 Å². The Morgan fingerprint density at radius 2 is 1.73 bits per heavy atom. The average Bonchev–Trinajstić information content (AvgIpc) is 3.45. The molecule has 0 aromatic heterocycles. The zero-order chi connectivity index (χ0) is 27.0. The van der Waals surface area contributed by atoms with Gasteiger partial charge in [-0.25, -0.2) is 35.1 Å². The van der Waals surface area contributed by atoms with Crippen molar-refractivity contribution in [2.45, 2.75) is 92.8 Å². The summed E-state index contributed by atoms with van der Waals surface area (Å²) in [5.74, 6) is -6.61. The van der Waals surface area contributed by atoms with Gasteiger partial charge in [-0.15, -0.1) is 0 Å². The van der Waals surface area contributed by atoms with Crippen LogP contribution in [0.4, 0.5) is 22.0 Å². The number of benzene rings is 1. The fourth-order valence-corrected chi connectivity index (χ4v) is 8.62. The van der Waals surface area contributed by atoms with Crippen LogP contribution in [0.15, 0.2) is 12.1 Å². The highest BCUT2D eigenvalue weighted by atomic mass is 35.5. The molecular formula is C24H28ClF5N2O4S. The molecule has 1 amide bonds. The number of nitrogens with one attached hydrogen (secondary N) is 2. The number of aliphatic hydroxyl groups is 1. The summed E-state index contributed by atoms with van der Waals surface area (Å²) in [6.45, 7) is 0. The Morgan fingerprint density at radius 3 is 2.30 bits per heavy atom. The first-order chi connectivity index (χ1) is 17.1. The Morgan fingerprint density at radius 1 is 1.08 bits per heavy atom. The average molecular weight is 571 g/mol. The number of rotatable bonds is 7. The quantitative estimate of drug-likeness (QED) is 0.336. The number of alkyl halides is 3. The molecule has 2 bridgehead atoms. The fraction of sp³-hybridized carbons (Fsp3) is 0.708. The normalized spacial score (nSPS) is 35.9. The molecule has 37 heavy (non-hydrogen) atoms. The largest absolute Gasteiger partial charge is 0.391 e. The van der Waals surface area contributed by atoms with Gasteiger partial charge in [-0.2, -0.15) is 0 Å². The minimum atomic E-state index is -4.15. The molecule has 3 N–H and O–H groups in total. The molecule has 4 saturated carbocycles. The van der Waals surface area contributed by atoms with Gasteiger partial charge in [-0.3, -0.25) is 4.79 Å². The second kappa shape index (κ2) is 9.02. The van der Waals surface area contributed by atoms with Crippen molar-refractivity contribution in [1.82, 2.24) is 10.0 Å². The first-order valence-corrected chi connectivity index (χ1v) is 14.3. The second-order valence-electron chi connectivity index (χ2n) is 11.3. The van der Waals surface area contributed by atoms with E-state index < -0.39 is 92.3 Å². The second-order valence-corrected chi connectivity index (χ2v) is 13.7. The van der Waals surface area contributed by atoms with Gasteiger partial charge in [0, 0.05) is 30.4 Å². The predicted octanol–water partition coefficient (Wildman–Crippen LogP) is 4.30. The van der Waals surface area contributed by atoms with Gasteiger partial charge in [0.25, 0.3) is 5.92 Å². The molecule has 4 atom stereocenters. The summed E-state index contributed by atoms with van der Waals surface area (Å²) in [6, 6.07) is -0.263. The van der Waals surface area contributed by atoms with Crippen molar-refractivity contribution in [3.63, 3.8) is 0 Å². The van der Waals surface area contributed by atoms with Crippen LogP contribution in [0, 0.1) is 23.0 Å². The standard InChI is InChI=1S/C24H28ClF5N2O4S/c25-14-1-2-15(26)18(19(14)27)20(22-3-5-23(28,11-22)6-4-22)31-21(34)12-7-16(17(33)8-12)32-37(35,36)13-9-24(29,30)10-13/h1-2,12-13,16-17,20,32-33H,3-11H2,(H,31,34)/t12-,16+,17-,20-,22?,23?/m1/s1. The minimum absolute atomic E-state index is 0.0259. The van der Waals surface area contributed by atoms with Crippen molar-refractivity contribution < 1.29 is 40.3 Å². The van der Waals surface area contributed by atoms with E-state index >= 15 is 8.78 Å². The number of aliphatic hydroxyl groups excluding tert-OH is 1. The van der Waals surface area contributed by atoms with Crippen LogP contribution in [-0.2, 0) is 14.8 Å². The van der Waals surface area contributed by atoms with E-state index in [4.69, 9.17) is 11.6 Å². The molecule has 206 valence electrons. The first-order valence-electron chi connectivity index (χ1n) is 12.3. The Bertz CT molecular complexity index is 1200. The van der Waals surface area contributed by atoms with Crippen molar-refractivity contribution in [2.24, 2.45) is 11.3 Å². The predicted molar refractivity (Wildman–Crippen MR) is 124 cm³/mol. The summed E-state index contributed by atoms with van der Waals surface area (Å²) < 4.78 is 98.6. The SMILES string of the molecule is O=C(N[C@H](c1c(F)ccc(Cl)c1F)C12CCC(F)(CC1)C2)[C@H]1C[C@@H](O)[C@@H](NS(=O)(=O)C2CC(F)(F)C2)C1. The number of carbonyl (C=O) groups excluding carboxylic acids is 1. The monoisotopic (exact) mass is 570 g/mol. The third-order valence-electron chi connectivity index (χ3n) is 8.78.